The van der Waals surface area contributed by atoms with Gasteiger partial charge in [0.1, 0.15) is 0 Å². The lowest BCUT2D eigenvalue weighted by atomic mass is 10.1. The average Bonchev–Trinajstić information content (AvgIpc) is 2.73. The number of hydrogen-bond donors (Lipinski definition) is 2. The first kappa shape index (κ1) is 18.9. The molecule has 5 nitrogen and oxygen atoms in total. The number of carbonyl (C=O) groups excluding carboxylic acids is 2. The Morgan fingerprint density at radius 3 is 2.07 bits per heavy atom. The maximum absolute atomic E-state index is 12.3. The minimum Gasteiger partial charge on any atom is -0.348 e. The number of aryl methyl sites for hydroxylation is 1. The van der Waals surface area contributed by atoms with Gasteiger partial charge in [0.15, 0.2) is 0 Å². The van der Waals surface area contributed by atoms with Crippen molar-refractivity contribution in [3.63, 3.8) is 0 Å². The molecule has 0 saturated carbocycles. The van der Waals surface area contributed by atoms with Gasteiger partial charge in [-0.1, -0.05) is 24.3 Å². The van der Waals surface area contributed by atoms with Crippen LogP contribution < -0.4 is 10.6 Å². The fourth-order valence-corrected chi connectivity index (χ4v) is 2.69. The zero-order valence-electron chi connectivity index (χ0n) is 15.4. The molecule has 0 aliphatic rings. The zero-order valence-corrected chi connectivity index (χ0v) is 15.4. The number of carbonyl (C=O) groups is 2. The highest BCUT2D eigenvalue weighted by Crippen LogP contribution is 2.12. The molecule has 0 aromatic heterocycles. The Kier molecular flexibility index (Phi) is 5.83. The van der Waals surface area contributed by atoms with Gasteiger partial charge in [-0.2, -0.15) is 5.26 Å². The van der Waals surface area contributed by atoms with Gasteiger partial charge < -0.3 is 10.6 Å². The lowest BCUT2D eigenvalue weighted by Gasteiger charge is -2.09. The molecular formula is C23H19N3O2. The predicted molar refractivity (Wildman–Crippen MR) is 108 cm³/mol. The average molecular weight is 369 g/mol. The fourth-order valence-electron chi connectivity index (χ4n) is 2.69. The summed E-state index contributed by atoms with van der Waals surface area (Å²) < 4.78 is 0. The summed E-state index contributed by atoms with van der Waals surface area (Å²) in [4.78, 5) is 24.6. The Morgan fingerprint density at radius 2 is 1.46 bits per heavy atom. The Morgan fingerprint density at radius 1 is 0.857 bits per heavy atom. The molecule has 3 rings (SSSR count). The van der Waals surface area contributed by atoms with Crippen LogP contribution in [0.5, 0.6) is 0 Å². The smallest absolute Gasteiger partial charge is 0.255 e. The van der Waals surface area contributed by atoms with E-state index in [1.165, 1.54) is 0 Å². The third kappa shape index (κ3) is 4.63. The Bertz CT molecular complexity index is 1030. The molecule has 0 aliphatic carbocycles. The van der Waals surface area contributed by atoms with E-state index in [0.29, 0.717) is 28.9 Å². The molecule has 138 valence electrons. The van der Waals surface area contributed by atoms with E-state index in [2.05, 4.69) is 10.6 Å². The van der Waals surface area contributed by atoms with Crippen LogP contribution in [0.25, 0.3) is 0 Å². The minimum absolute atomic E-state index is 0.192. The molecular weight excluding hydrogens is 350 g/mol. The van der Waals surface area contributed by atoms with Crippen LogP contribution in [-0.2, 0) is 6.54 Å². The summed E-state index contributed by atoms with van der Waals surface area (Å²) in [5, 5.41) is 14.5. The summed E-state index contributed by atoms with van der Waals surface area (Å²) in [6, 6.07) is 23.0. The van der Waals surface area contributed by atoms with Crippen LogP contribution in [0.15, 0.2) is 72.8 Å². The molecule has 2 amide bonds. The first-order valence-electron chi connectivity index (χ1n) is 8.81. The van der Waals surface area contributed by atoms with Gasteiger partial charge in [0.25, 0.3) is 11.8 Å². The van der Waals surface area contributed by atoms with Crippen LogP contribution in [0.2, 0.25) is 0 Å². The van der Waals surface area contributed by atoms with Crippen molar-refractivity contribution in [3.05, 3.63) is 101 Å². The van der Waals surface area contributed by atoms with E-state index < -0.39 is 0 Å². The summed E-state index contributed by atoms with van der Waals surface area (Å²) in [7, 11) is 0. The Labute approximate surface area is 163 Å². The molecule has 2 N–H and O–H groups in total. The van der Waals surface area contributed by atoms with Crippen LogP contribution in [0.1, 0.15) is 37.4 Å². The number of amides is 2. The molecule has 0 bridgehead atoms. The molecule has 0 spiro atoms. The quantitative estimate of drug-likeness (QED) is 0.712. The maximum Gasteiger partial charge on any atom is 0.255 e. The highest BCUT2D eigenvalue weighted by Gasteiger charge is 2.10. The summed E-state index contributed by atoms with van der Waals surface area (Å²) in [5.41, 5.74) is 4.25. The molecule has 0 unspecified atom stereocenters. The SMILES string of the molecule is Cc1ccccc1CNC(=O)c1ccc(C(=O)Nc2ccc(C#N)cc2)cc1. The van der Waals surface area contributed by atoms with E-state index in [4.69, 9.17) is 5.26 Å². The number of anilines is 1. The molecule has 0 atom stereocenters. The number of rotatable bonds is 5. The van der Waals surface area contributed by atoms with Crippen molar-refractivity contribution in [3.8, 4) is 6.07 Å². The minimum atomic E-state index is -0.281. The second-order valence-electron chi connectivity index (χ2n) is 6.33. The maximum atomic E-state index is 12.3. The van der Waals surface area contributed by atoms with Crippen molar-refractivity contribution in [1.82, 2.24) is 5.32 Å². The molecule has 3 aromatic carbocycles. The van der Waals surface area contributed by atoms with E-state index in [-0.39, 0.29) is 11.8 Å². The van der Waals surface area contributed by atoms with Gasteiger partial charge in [0.05, 0.1) is 11.6 Å². The molecule has 0 heterocycles. The van der Waals surface area contributed by atoms with E-state index in [0.717, 1.165) is 11.1 Å². The summed E-state index contributed by atoms with van der Waals surface area (Å²) in [6.07, 6.45) is 0. The van der Waals surface area contributed by atoms with Gasteiger partial charge in [-0.25, -0.2) is 0 Å². The van der Waals surface area contributed by atoms with Gasteiger partial charge in [0.2, 0.25) is 0 Å². The van der Waals surface area contributed by atoms with Gasteiger partial charge in [0, 0.05) is 23.4 Å². The van der Waals surface area contributed by atoms with Crippen LogP contribution in [0, 0.1) is 18.3 Å². The van der Waals surface area contributed by atoms with Gasteiger partial charge >= 0.3 is 0 Å². The summed E-state index contributed by atoms with van der Waals surface area (Å²) in [6.45, 7) is 2.45. The van der Waals surface area contributed by atoms with Crippen LogP contribution >= 0.6 is 0 Å². The van der Waals surface area contributed by atoms with E-state index in [1.54, 1.807) is 48.5 Å². The van der Waals surface area contributed by atoms with Gasteiger partial charge in [-0.05, 0) is 66.6 Å². The molecule has 0 aliphatic heterocycles. The largest absolute Gasteiger partial charge is 0.348 e. The number of benzene rings is 3. The van der Waals surface area contributed by atoms with Crippen LogP contribution in [-0.4, -0.2) is 11.8 Å². The molecule has 5 heteroatoms. The highest BCUT2D eigenvalue weighted by molar-refractivity contribution is 6.05. The summed E-state index contributed by atoms with van der Waals surface area (Å²) in [5.74, 6) is -0.473. The number of nitrogens with one attached hydrogen (secondary N) is 2. The lowest BCUT2D eigenvalue weighted by Crippen LogP contribution is -2.23. The van der Waals surface area contributed by atoms with Crippen LogP contribution in [0.4, 0.5) is 5.69 Å². The Hall–Kier alpha value is -3.91. The molecule has 28 heavy (non-hydrogen) atoms. The number of hydrogen-bond acceptors (Lipinski definition) is 3. The Balaban J connectivity index is 1.60. The predicted octanol–water partition coefficient (Wildman–Crippen LogP) is 4.05. The second kappa shape index (κ2) is 8.65. The molecule has 0 radical (unpaired) electrons. The monoisotopic (exact) mass is 369 g/mol. The van der Waals surface area contributed by atoms with Crippen molar-refractivity contribution in [2.24, 2.45) is 0 Å². The van der Waals surface area contributed by atoms with E-state index in [9.17, 15) is 9.59 Å². The molecule has 3 aromatic rings. The molecule has 0 saturated heterocycles. The van der Waals surface area contributed by atoms with Gasteiger partial charge in [-0.3, -0.25) is 9.59 Å². The second-order valence-corrected chi connectivity index (χ2v) is 6.33. The van der Waals surface area contributed by atoms with Crippen molar-refractivity contribution in [2.75, 3.05) is 5.32 Å². The molecule has 0 fully saturated rings. The standard InChI is InChI=1S/C23H19N3O2/c1-16-4-2-3-5-20(16)15-25-22(27)18-8-10-19(11-9-18)23(28)26-21-12-6-17(14-24)7-13-21/h2-13H,15H2,1H3,(H,25,27)(H,26,28). The van der Waals surface area contributed by atoms with E-state index >= 15 is 0 Å². The first-order chi connectivity index (χ1) is 13.6. The third-order valence-electron chi connectivity index (χ3n) is 4.38. The fraction of sp³-hybridized carbons (Fsp3) is 0.0870. The summed E-state index contributed by atoms with van der Waals surface area (Å²) >= 11 is 0. The van der Waals surface area contributed by atoms with Crippen molar-refractivity contribution >= 4 is 17.5 Å². The van der Waals surface area contributed by atoms with Crippen LogP contribution in [0.3, 0.4) is 0 Å². The zero-order chi connectivity index (χ0) is 19.9. The van der Waals surface area contributed by atoms with Crippen molar-refractivity contribution in [2.45, 2.75) is 13.5 Å². The third-order valence-corrected chi connectivity index (χ3v) is 4.38. The first-order valence-corrected chi connectivity index (χ1v) is 8.81. The highest BCUT2D eigenvalue weighted by atomic mass is 16.2. The van der Waals surface area contributed by atoms with Crippen molar-refractivity contribution in [1.29, 1.82) is 5.26 Å². The van der Waals surface area contributed by atoms with Gasteiger partial charge in [-0.15, -0.1) is 0 Å². The topological polar surface area (TPSA) is 82.0 Å². The number of nitriles is 1. The van der Waals surface area contributed by atoms with Crippen molar-refractivity contribution < 1.29 is 9.59 Å². The normalized spacial score (nSPS) is 10.0. The van der Waals surface area contributed by atoms with E-state index in [1.807, 2.05) is 37.3 Å². The lowest BCUT2D eigenvalue weighted by molar-refractivity contribution is 0.0949. The number of nitrogens with zero attached hydrogens (tertiary/aromatic N) is 1.